The standard InChI is InChI=1S/C39H39N3O3S/c43-39(26-30-8-3-1-4-9-30)41-37-21-17-35(18-22-37)34-15-13-31(14-16-34)28-42(29-32-10-7-25-40-27-32)46(44,45)38-23-19-36(20-24-38)33-11-5-2-6-12-33/h2,5-7,10-25,27,30H,1,3-4,8-9,26,28-29H2,(H,41,43). The first-order chi connectivity index (χ1) is 22.4. The molecule has 1 saturated carbocycles. The van der Waals surface area contributed by atoms with E-state index >= 15 is 0 Å². The molecule has 0 aliphatic heterocycles. The highest BCUT2D eigenvalue weighted by atomic mass is 32.2. The number of rotatable bonds is 11. The summed E-state index contributed by atoms with van der Waals surface area (Å²) in [5.41, 5.74) is 6.53. The Morgan fingerprint density at radius 1 is 0.674 bits per heavy atom. The number of hydrogen-bond donors (Lipinski definition) is 1. The Bertz CT molecular complexity index is 1820. The molecule has 1 amide bonds. The molecule has 46 heavy (non-hydrogen) atoms. The Labute approximate surface area is 272 Å². The van der Waals surface area contributed by atoms with Gasteiger partial charge in [-0.05, 0) is 82.5 Å². The average molecular weight is 630 g/mol. The van der Waals surface area contributed by atoms with E-state index in [1.165, 1.54) is 23.6 Å². The van der Waals surface area contributed by atoms with E-state index in [0.717, 1.165) is 51.9 Å². The van der Waals surface area contributed by atoms with Crippen molar-refractivity contribution in [2.24, 2.45) is 5.92 Å². The molecule has 1 aliphatic rings. The van der Waals surface area contributed by atoms with Crippen LogP contribution < -0.4 is 5.32 Å². The van der Waals surface area contributed by atoms with Gasteiger partial charge in [0.1, 0.15) is 0 Å². The van der Waals surface area contributed by atoms with Gasteiger partial charge in [-0.3, -0.25) is 9.78 Å². The lowest BCUT2D eigenvalue weighted by Crippen LogP contribution is -2.30. The van der Waals surface area contributed by atoms with Crippen molar-refractivity contribution in [2.45, 2.75) is 56.5 Å². The van der Waals surface area contributed by atoms with E-state index in [9.17, 15) is 13.2 Å². The zero-order valence-corrected chi connectivity index (χ0v) is 26.7. The van der Waals surface area contributed by atoms with Gasteiger partial charge in [0, 0.05) is 37.6 Å². The second kappa shape index (κ2) is 14.7. The first kappa shape index (κ1) is 31.4. The van der Waals surface area contributed by atoms with Gasteiger partial charge in [-0.15, -0.1) is 0 Å². The highest BCUT2D eigenvalue weighted by molar-refractivity contribution is 7.89. The van der Waals surface area contributed by atoms with Gasteiger partial charge in [-0.2, -0.15) is 4.31 Å². The Kier molecular flexibility index (Phi) is 10.0. The predicted molar refractivity (Wildman–Crippen MR) is 184 cm³/mol. The molecule has 0 unspecified atom stereocenters. The largest absolute Gasteiger partial charge is 0.326 e. The number of nitrogens with one attached hydrogen (secondary N) is 1. The molecule has 0 spiro atoms. The van der Waals surface area contributed by atoms with Crippen LogP contribution in [0.4, 0.5) is 5.69 Å². The summed E-state index contributed by atoms with van der Waals surface area (Å²) in [5.74, 6) is 0.587. The van der Waals surface area contributed by atoms with E-state index in [-0.39, 0.29) is 23.9 Å². The normalized spacial score (nSPS) is 13.8. The summed E-state index contributed by atoms with van der Waals surface area (Å²) in [5, 5.41) is 3.05. The molecule has 7 heteroatoms. The number of benzene rings is 4. The number of pyridine rings is 1. The molecule has 0 saturated heterocycles. The summed E-state index contributed by atoms with van der Waals surface area (Å²) in [6.45, 7) is 0.413. The van der Waals surface area contributed by atoms with Gasteiger partial charge in [0.15, 0.2) is 0 Å². The molecule has 0 radical (unpaired) electrons. The van der Waals surface area contributed by atoms with Gasteiger partial charge >= 0.3 is 0 Å². The zero-order chi connectivity index (χ0) is 31.8. The van der Waals surface area contributed by atoms with Crippen LogP contribution in [0.2, 0.25) is 0 Å². The maximum Gasteiger partial charge on any atom is 0.243 e. The molecule has 6 rings (SSSR count). The monoisotopic (exact) mass is 629 g/mol. The SMILES string of the molecule is O=C(CC1CCCCC1)Nc1ccc(-c2ccc(CN(Cc3cccnc3)S(=O)(=O)c3ccc(-c4ccccc4)cc3)cc2)cc1. The Morgan fingerprint density at radius 2 is 1.26 bits per heavy atom. The molecular weight excluding hydrogens is 591 g/mol. The van der Waals surface area contributed by atoms with Crippen molar-refractivity contribution < 1.29 is 13.2 Å². The number of amides is 1. The Morgan fingerprint density at radius 3 is 1.89 bits per heavy atom. The molecule has 234 valence electrons. The van der Waals surface area contributed by atoms with Crippen molar-refractivity contribution in [3.05, 3.63) is 139 Å². The quantitative estimate of drug-likeness (QED) is 0.159. The van der Waals surface area contributed by atoms with E-state index in [2.05, 4.69) is 10.3 Å². The second-order valence-electron chi connectivity index (χ2n) is 12.1. The average Bonchev–Trinajstić information content (AvgIpc) is 3.10. The van der Waals surface area contributed by atoms with Crippen LogP contribution in [-0.4, -0.2) is 23.6 Å². The van der Waals surface area contributed by atoms with E-state index < -0.39 is 10.0 Å². The third kappa shape index (κ3) is 7.97. The van der Waals surface area contributed by atoms with Crippen LogP contribution in [0.15, 0.2) is 133 Å². The number of sulfonamides is 1. The second-order valence-corrected chi connectivity index (χ2v) is 14.0. The number of nitrogens with zero attached hydrogens (tertiary/aromatic N) is 2. The fourth-order valence-electron chi connectivity index (χ4n) is 6.14. The summed E-state index contributed by atoms with van der Waals surface area (Å²) in [4.78, 5) is 17.0. The fraction of sp³-hybridized carbons (Fsp3) is 0.231. The zero-order valence-electron chi connectivity index (χ0n) is 25.9. The minimum absolute atomic E-state index is 0.0851. The van der Waals surface area contributed by atoms with Crippen LogP contribution in [0.25, 0.3) is 22.3 Å². The van der Waals surface area contributed by atoms with E-state index in [1.54, 1.807) is 24.5 Å². The Hall–Kier alpha value is -4.59. The number of carbonyl (C=O) groups excluding carboxylic acids is 1. The molecular formula is C39H39N3O3S. The van der Waals surface area contributed by atoms with Crippen molar-refractivity contribution in [3.8, 4) is 22.3 Å². The number of carbonyl (C=O) groups is 1. The van der Waals surface area contributed by atoms with Gasteiger partial charge in [0.2, 0.25) is 15.9 Å². The smallest absolute Gasteiger partial charge is 0.243 e. The first-order valence-corrected chi connectivity index (χ1v) is 17.4. The minimum Gasteiger partial charge on any atom is -0.326 e. The van der Waals surface area contributed by atoms with Crippen molar-refractivity contribution in [2.75, 3.05) is 5.32 Å². The molecule has 1 fully saturated rings. The lowest BCUT2D eigenvalue weighted by molar-refractivity contribution is -0.117. The lowest BCUT2D eigenvalue weighted by Gasteiger charge is -2.23. The van der Waals surface area contributed by atoms with Gasteiger partial charge in [-0.1, -0.05) is 104 Å². The van der Waals surface area contributed by atoms with E-state index in [4.69, 9.17) is 0 Å². The number of anilines is 1. The highest BCUT2D eigenvalue weighted by Crippen LogP contribution is 2.29. The predicted octanol–water partition coefficient (Wildman–Crippen LogP) is 8.72. The third-order valence-corrected chi connectivity index (χ3v) is 10.5. The topological polar surface area (TPSA) is 79.4 Å². The maximum atomic E-state index is 14.0. The molecule has 0 atom stereocenters. The van der Waals surface area contributed by atoms with Crippen molar-refractivity contribution >= 4 is 21.6 Å². The van der Waals surface area contributed by atoms with Crippen LogP contribution in [0.1, 0.15) is 49.7 Å². The van der Waals surface area contributed by atoms with Crippen LogP contribution >= 0.6 is 0 Å². The summed E-state index contributed by atoms with van der Waals surface area (Å²) in [7, 11) is -3.81. The molecule has 1 aromatic heterocycles. The summed E-state index contributed by atoms with van der Waals surface area (Å²) in [6, 6.07) is 36.5. The molecule has 6 nitrogen and oxygen atoms in total. The van der Waals surface area contributed by atoms with Crippen molar-refractivity contribution in [1.82, 2.24) is 9.29 Å². The molecule has 0 bridgehead atoms. The Balaban J connectivity index is 1.15. The molecule has 1 N–H and O–H groups in total. The van der Waals surface area contributed by atoms with Crippen LogP contribution in [0, 0.1) is 5.92 Å². The number of hydrogen-bond acceptors (Lipinski definition) is 4. The van der Waals surface area contributed by atoms with Crippen LogP contribution in [-0.2, 0) is 27.9 Å². The molecule has 5 aromatic rings. The van der Waals surface area contributed by atoms with Gasteiger partial charge < -0.3 is 5.32 Å². The molecule has 1 heterocycles. The van der Waals surface area contributed by atoms with Gasteiger partial charge in [0.05, 0.1) is 4.90 Å². The van der Waals surface area contributed by atoms with Gasteiger partial charge in [0.25, 0.3) is 0 Å². The van der Waals surface area contributed by atoms with Gasteiger partial charge in [-0.25, -0.2) is 8.42 Å². The number of aromatic nitrogens is 1. The fourth-order valence-corrected chi connectivity index (χ4v) is 7.55. The molecule has 1 aliphatic carbocycles. The highest BCUT2D eigenvalue weighted by Gasteiger charge is 2.25. The molecule has 4 aromatic carbocycles. The van der Waals surface area contributed by atoms with Crippen LogP contribution in [0.5, 0.6) is 0 Å². The lowest BCUT2D eigenvalue weighted by atomic mass is 9.87. The first-order valence-electron chi connectivity index (χ1n) is 16.0. The minimum atomic E-state index is -3.81. The van der Waals surface area contributed by atoms with Crippen molar-refractivity contribution in [1.29, 1.82) is 0 Å². The summed E-state index contributed by atoms with van der Waals surface area (Å²) < 4.78 is 29.4. The summed E-state index contributed by atoms with van der Waals surface area (Å²) in [6.07, 6.45) is 10.0. The summed E-state index contributed by atoms with van der Waals surface area (Å²) >= 11 is 0. The van der Waals surface area contributed by atoms with Crippen molar-refractivity contribution in [3.63, 3.8) is 0 Å². The van der Waals surface area contributed by atoms with E-state index in [0.29, 0.717) is 12.3 Å². The maximum absolute atomic E-state index is 14.0. The van der Waals surface area contributed by atoms with Crippen LogP contribution in [0.3, 0.4) is 0 Å². The van der Waals surface area contributed by atoms with E-state index in [1.807, 2.05) is 103 Å². The third-order valence-electron chi connectivity index (χ3n) is 8.69.